The van der Waals surface area contributed by atoms with Crippen LogP contribution < -0.4 is 9.47 Å². The van der Waals surface area contributed by atoms with Crippen LogP contribution in [0.1, 0.15) is 5.56 Å². The molecule has 2 aromatic carbocycles. The number of rotatable bonds is 4. The van der Waals surface area contributed by atoms with Crippen LogP contribution >= 0.6 is 34.7 Å². The quantitative estimate of drug-likeness (QED) is 0.355. The minimum atomic E-state index is -0.400. The van der Waals surface area contributed by atoms with E-state index in [1.165, 1.54) is 17.4 Å². The van der Waals surface area contributed by atoms with Gasteiger partial charge in [-0.2, -0.15) is 0 Å². The summed E-state index contributed by atoms with van der Waals surface area (Å²) in [7, 11) is 0. The molecule has 0 spiro atoms. The number of nitro benzene ring substituents is 1. The van der Waals surface area contributed by atoms with Crippen molar-refractivity contribution in [3.63, 3.8) is 0 Å². The van der Waals surface area contributed by atoms with E-state index in [2.05, 4.69) is 4.98 Å². The Morgan fingerprint density at radius 1 is 1.28 bits per heavy atom. The fraction of sp³-hybridized carbons (Fsp3) is 0.188. The molecule has 4 rings (SSSR count). The van der Waals surface area contributed by atoms with Crippen LogP contribution in [0.15, 0.2) is 34.7 Å². The number of ether oxygens (including phenoxy) is 2. The summed E-state index contributed by atoms with van der Waals surface area (Å²) in [5, 5.41) is 11.4. The summed E-state index contributed by atoms with van der Waals surface area (Å²) in [6.45, 7) is 1.01. The maximum atomic E-state index is 10.9. The molecule has 1 aliphatic heterocycles. The van der Waals surface area contributed by atoms with Crippen LogP contribution in [0.25, 0.3) is 10.2 Å². The molecule has 0 unspecified atom stereocenters. The number of fused-ring (bicyclic) bond motifs is 2. The van der Waals surface area contributed by atoms with E-state index in [1.807, 2.05) is 12.1 Å². The van der Waals surface area contributed by atoms with Gasteiger partial charge in [0.2, 0.25) is 0 Å². The summed E-state index contributed by atoms with van der Waals surface area (Å²) >= 11 is 9.24. The summed E-state index contributed by atoms with van der Waals surface area (Å²) in [5.41, 5.74) is 1.84. The summed E-state index contributed by atoms with van der Waals surface area (Å²) in [4.78, 5) is 15.0. The first-order valence-corrected chi connectivity index (χ1v) is 9.54. The summed E-state index contributed by atoms with van der Waals surface area (Å²) in [6.07, 6.45) is 0. The molecule has 128 valence electrons. The van der Waals surface area contributed by atoms with E-state index < -0.39 is 4.92 Å². The van der Waals surface area contributed by atoms with Crippen molar-refractivity contribution in [3.8, 4) is 11.5 Å². The Morgan fingerprint density at radius 2 is 2.12 bits per heavy atom. The highest BCUT2D eigenvalue weighted by Crippen LogP contribution is 2.40. The fourth-order valence-corrected chi connectivity index (χ4v) is 4.78. The number of thioether (sulfide) groups is 1. The normalized spacial score (nSPS) is 13.2. The predicted octanol–water partition coefficient (Wildman–Crippen LogP) is 4.92. The Kier molecular flexibility index (Phi) is 4.41. The first-order valence-electron chi connectivity index (χ1n) is 7.36. The highest BCUT2D eigenvalue weighted by Gasteiger charge is 2.17. The van der Waals surface area contributed by atoms with Gasteiger partial charge < -0.3 is 9.47 Å². The van der Waals surface area contributed by atoms with Gasteiger partial charge in [-0.15, -0.1) is 11.3 Å². The monoisotopic (exact) mass is 394 g/mol. The predicted molar refractivity (Wildman–Crippen MR) is 98.3 cm³/mol. The lowest BCUT2D eigenvalue weighted by molar-refractivity contribution is -0.384. The molecule has 0 bridgehead atoms. The Bertz CT molecular complexity index is 976. The topological polar surface area (TPSA) is 74.5 Å². The van der Waals surface area contributed by atoms with Crippen LogP contribution in [0, 0.1) is 10.1 Å². The summed E-state index contributed by atoms with van der Waals surface area (Å²) in [6, 6.07) is 8.48. The third kappa shape index (κ3) is 3.37. The van der Waals surface area contributed by atoms with Crippen LogP contribution in [-0.4, -0.2) is 23.1 Å². The standard InChI is InChI=1S/C16H11ClN2O4S2/c17-11-5-9(6-13-15(11)23-4-3-22-13)8-24-16-18-12-2-1-10(19(20)21)7-14(12)25-16/h1-2,5-7H,3-4,8H2. The van der Waals surface area contributed by atoms with E-state index in [-0.39, 0.29) is 5.69 Å². The second-order valence-electron chi connectivity index (χ2n) is 5.28. The van der Waals surface area contributed by atoms with Crippen LogP contribution in [0.5, 0.6) is 11.5 Å². The largest absolute Gasteiger partial charge is 0.486 e. The highest BCUT2D eigenvalue weighted by molar-refractivity contribution is 8.00. The van der Waals surface area contributed by atoms with E-state index in [0.717, 1.165) is 20.1 Å². The Hall–Kier alpha value is -2.03. The molecule has 0 fully saturated rings. The van der Waals surface area contributed by atoms with Gasteiger partial charge in [0.05, 0.1) is 20.2 Å². The van der Waals surface area contributed by atoms with Crippen molar-refractivity contribution in [1.29, 1.82) is 0 Å². The second kappa shape index (κ2) is 6.70. The molecule has 0 aliphatic carbocycles. The Balaban J connectivity index is 1.54. The van der Waals surface area contributed by atoms with Crippen LogP contribution in [0.2, 0.25) is 5.02 Å². The van der Waals surface area contributed by atoms with Crippen LogP contribution in [0.3, 0.4) is 0 Å². The Labute approximate surface area is 155 Å². The molecule has 0 amide bonds. The molecule has 6 nitrogen and oxygen atoms in total. The van der Waals surface area contributed by atoms with E-state index in [9.17, 15) is 10.1 Å². The molecular formula is C16H11ClN2O4S2. The van der Waals surface area contributed by atoms with E-state index in [1.54, 1.807) is 23.9 Å². The first kappa shape index (κ1) is 16.4. The molecule has 0 radical (unpaired) electrons. The van der Waals surface area contributed by atoms with Crippen molar-refractivity contribution in [3.05, 3.63) is 51.0 Å². The lowest BCUT2D eigenvalue weighted by atomic mass is 10.2. The number of hydrogen-bond donors (Lipinski definition) is 0. The van der Waals surface area contributed by atoms with Gasteiger partial charge in [-0.3, -0.25) is 10.1 Å². The van der Waals surface area contributed by atoms with Gasteiger partial charge in [0.25, 0.3) is 5.69 Å². The smallest absolute Gasteiger partial charge is 0.270 e. The SMILES string of the molecule is O=[N+]([O-])c1ccc2nc(SCc3cc(Cl)c4c(c3)OCCO4)sc2c1. The minimum Gasteiger partial charge on any atom is -0.486 e. The van der Waals surface area contributed by atoms with Crippen molar-refractivity contribution < 1.29 is 14.4 Å². The minimum absolute atomic E-state index is 0.0753. The van der Waals surface area contributed by atoms with Crippen molar-refractivity contribution in [2.24, 2.45) is 0 Å². The molecule has 0 saturated heterocycles. The van der Waals surface area contributed by atoms with E-state index in [4.69, 9.17) is 21.1 Å². The molecule has 0 atom stereocenters. The van der Waals surface area contributed by atoms with Crippen molar-refractivity contribution in [2.75, 3.05) is 13.2 Å². The molecule has 3 aromatic rings. The van der Waals surface area contributed by atoms with Gasteiger partial charge >= 0.3 is 0 Å². The third-order valence-electron chi connectivity index (χ3n) is 3.58. The number of nitro groups is 1. The van der Waals surface area contributed by atoms with Gasteiger partial charge in [-0.25, -0.2) is 4.98 Å². The average molecular weight is 395 g/mol. The highest BCUT2D eigenvalue weighted by atomic mass is 35.5. The van der Waals surface area contributed by atoms with Crippen molar-refractivity contribution >= 4 is 50.6 Å². The molecule has 1 aliphatic rings. The molecule has 1 aromatic heterocycles. The molecule has 0 N–H and O–H groups in total. The number of aromatic nitrogens is 1. The van der Waals surface area contributed by atoms with Gasteiger partial charge in [0, 0.05) is 17.9 Å². The second-order valence-corrected chi connectivity index (χ2v) is 7.94. The van der Waals surface area contributed by atoms with Crippen LogP contribution in [0.4, 0.5) is 5.69 Å². The maximum Gasteiger partial charge on any atom is 0.270 e. The van der Waals surface area contributed by atoms with E-state index in [0.29, 0.717) is 35.5 Å². The third-order valence-corrected chi connectivity index (χ3v) is 6.10. The van der Waals surface area contributed by atoms with Gasteiger partial charge in [-0.05, 0) is 23.8 Å². The summed E-state index contributed by atoms with van der Waals surface area (Å²) < 4.78 is 12.7. The fourth-order valence-electron chi connectivity index (χ4n) is 2.46. The van der Waals surface area contributed by atoms with E-state index >= 15 is 0 Å². The van der Waals surface area contributed by atoms with Gasteiger partial charge in [0.1, 0.15) is 13.2 Å². The molecule has 2 heterocycles. The number of halogens is 1. The molecule has 0 saturated carbocycles. The zero-order valence-corrected chi connectivity index (χ0v) is 15.1. The zero-order chi connectivity index (χ0) is 17.4. The van der Waals surface area contributed by atoms with Crippen molar-refractivity contribution in [2.45, 2.75) is 10.1 Å². The number of benzene rings is 2. The van der Waals surface area contributed by atoms with Crippen LogP contribution in [-0.2, 0) is 5.75 Å². The lowest BCUT2D eigenvalue weighted by Crippen LogP contribution is -2.15. The van der Waals surface area contributed by atoms with Gasteiger partial charge in [-0.1, -0.05) is 23.4 Å². The average Bonchev–Trinajstić information content (AvgIpc) is 3.02. The molecular weight excluding hydrogens is 384 g/mol. The number of thiazole rings is 1. The van der Waals surface area contributed by atoms with Crippen molar-refractivity contribution in [1.82, 2.24) is 4.98 Å². The first-order chi connectivity index (χ1) is 12.1. The molecule has 25 heavy (non-hydrogen) atoms. The molecule has 9 heteroatoms. The van der Waals surface area contributed by atoms with Gasteiger partial charge in [0.15, 0.2) is 15.8 Å². The lowest BCUT2D eigenvalue weighted by Gasteiger charge is -2.20. The number of non-ortho nitro benzene ring substituents is 1. The number of hydrogen-bond acceptors (Lipinski definition) is 7. The zero-order valence-electron chi connectivity index (χ0n) is 12.7. The maximum absolute atomic E-state index is 10.9. The Morgan fingerprint density at radius 3 is 2.96 bits per heavy atom. The number of nitrogens with zero attached hydrogens (tertiary/aromatic N) is 2. The summed E-state index contributed by atoms with van der Waals surface area (Å²) in [5.74, 6) is 1.92.